The van der Waals surface area contributed by atoms with E-state index < -0.39 is 22.1 Å². The summed E-state index contributed by atoms with van der Waals surface area (Å²) in [6.45, 7) is 18.9. The fourth-order valence-corrected chi connectivity index (χ4v) is 7.08. The van der Waals surface area contributed by atoms with Gasteiger partial charge in [0.15, 0.2) is 0 Å². The van der Waals surface area contributed by atoms with E-state index in [1.54, 1.807) is 0 Å². The minimum atomic E-state index is -3.77. The molecule has 0 spiro atoms. The zero-order chi connectivity index (χ0) is 29.8. The first-order valence-electron chi connectivity index (χ1n) is 13.8. The van der Waals surface area contributed by atoms with Crippen LogP contribution in [0.3, 0.4) is 0 Å². The Morgan fingerprint density at radius 2 is 0.927 bits per heavy atom. The number of sulfonamides is 1. The molecule has 220 valence electrons. The molecule has 0 amide bonds. The van der Waals surface area contributed by atoms with Crippen molar-refractivity contribution in [2.75, 3.05) is 0 Å². The summed E-state index contributed by atoms with van der Waals surface area (Å²) in [7, 11) is -3.77. The smallest absolute Gasteiger partial charge is 0.241 e. The molecule has 4 aromatic rings. The number of aryl methyl sites for hydroxylation is 3. The Balaban J connectivity index is 0.000000381. The maximum absolute atomic E-state index is 13.3. The van der Waals surface area contributed by atoms with Crippen molar-refractivity contribution in [3.05, 3.63) is 134 Å². The summed E-state index contributed by atoms with van der Waals surface area (Å²) in [5, 5.41) is 0. The van der Waals surface area contributed by atoms with Gasteiger partial charge in [-0.15, -0.1) is 0 Å². The molecular weight excluding hydrogens is 614 g/mol. The second-order valence-corrected chi connectivity index (χ2v) is 12.6. The third kappa shape index (κ3) is 8.02. The summed E-state index contributed by atoms with van der Waals surface area (Å²) in [6.07, 6.45) is 0. The van der Waals surface area contributed by atoms with Gasteiger partial charge in [0, 0.05) is 19.5 Å². The third-order valence-corrected chi connectivity index (χ3v) is 9.98. The van der Waals surface area contributed by atoms with E-state index in [1.807, 2.05) is 93.6 Å². The first-order valence-corrected chi connectivity index (χ1v) is 15.2. The molecule has 0 saturated carbocycles. The molecule has 4 rings (SSSR count). The molecule has 0 aliphatic heterocycles. The summed E-state index contributed by atoms with van der Waals surface area (Å²) in [5.41, 5.74) is 19.4. The van der Waals surface area contributed by atoms with Crippen molar-refractivity contribution in [2.45, 2.75) is 79.3 Å². The zero-order valence-electron chi connectivity index (χ0n) is 25.7. The van der Waals surface area contributed by atoms with Gasteiger partial charge in [0.25, 0.3) is 0 Å². The van der Waals surface area contributed by atoms with Gasteiger partial charge in [-0.2, -0.15) is 0 Å². The first kappa shape index (κ1) is 34.6. The summed E-state index contributed by atoms with van der Waals surface area (Å²) in [6, 6.07) is 21.7. The van der Waals surface area contributed by atoms with Crippen LogP contribution in [0.4, 0.5) is 0 Å². The van der Waals surface area contributed by atoms with Crippen molar-refractivity contribution in [3.8, 4) is 0 Å². The molecule has 0 radical (unpaired) electrons. The number of nitrogens with two attached hydrogens (primary N) is 1. The minimum absolute atomic E-state index is 0. The number of nitrogens with one attached hydrogen (secondary N) is 1. The van der Waals surface area contributed by atoms with Gasteiger partial charge in [-0.05, 0) is 118 Å². The summed E-state index contributed by atoms with van der Waals surface area (Å²) >= 11 is 0. The number of benzene rings is 4. The quantitative estimate of drug-likeness (QED) is 0.208. The Morgan fingerprint density at radius 3 is 1.29 bits per heavy atom. The van der Waals surface area contributed by atoms with Crippen molar-refractivity contribution < 1.29 is 27.9 Å². The molecule has 6 heteroatoms. The predicted octanol–water partition coefficient (Wildman–Crippen LogP) is 7.87. The van der Waals surface area contributed by atoms with Crippen LogP contribution in [0.2, 0.25) is 0 Å². The van der Waals surface area contributed by atoms with Gasteiger partial charge >= 0.3 is 0 Å². The molecule has 4 nitrogen and oxygen atoms in total. The summed E-state index contributed by atoms with van der Waals surface area (Å²) in [5.74, 6) is 0. The third-order valence-electron chi connectivity index (χ3n) is 8.23. The Labute approximate surface area is 260 Å². The standard InChI is InChI=1S/C23H26N2O2S.C12H18.Ru/c1-16-14-17(2)23(18(3)15-16)28(26,27)25-22(20-12-8-5-9-13-20)21(24)19-10-6-4-7-11-19;1-7-8(2)10(4)12(6)11(5)9(7)3;/h4-15,21-22,25H,24H2,1-3H3;1-6H3;/t21-,22-;;/m1../s1. The van der Waals surface area contributed by atoms with Crippen LogP contribution in [-0.2, 0) is 29.5 Å². The van der Waals surface area contributed by atoms with E-state index in [9.17, 15) is 8.42 Å². The second-order valence-electron chi connectivity index (χ2n) is 10.9. The average molecular weight is 658 g/mol. The molecule has 2 atom stereocenters. The van der Waals surface area contributed by atoms with Gasteiger partial charge in [-0.25, -0.2) is 13.1 Å². The molecule has 41 heavy (non-hydrogen) atoms. The average Bonchev–Trinajstić information content (AvgIpc) is 2.93. The molecule has 0 unspecified atom stereocenters. The van der Waals surface area contributed by atoms with Gasteiger partial charge in [0.2, 0.25) is 10.0 Å². The zero-order valence-corrected chi connectivity index (χ0v) is 28.3. The molecule has 0 bridgehead atoms. The normalized spacial score (nSPS) is 12.5. The molecule has 4 aromatic carbocycles. The van der Waals surface area contributed by atoms with Crippen molar-refractivity contribution in [1.29, 1.82) is 0 Å². The van der Waals surface area contributed by atoms with Gasteiger partial charge in [0.1, 0.15) is 0 Å². The number of hydrogen-bond acceptors (Lipinski definition) is 3. The van der Waals surface area contributed by atoms with Gasteiger partial charge < -0.3 is 5.73 Å². The Hall–Kier alpha value is -2.63. The van der Waals surface area contributed by atoms with E-state index in [1.165, 1.54) is 33.4 Å². The van der Waals surface area contributed by atoms with Gasteiger partial charge in [-0.1, -0.05) is 78.4 Å². The molecule has 3 N–H and O–H groups in total. The minimum Gasteiger partial charge on any atom is -0.322 e. The Bertz CT molecular complexity index is 1460. The van der Waals surface area contributed by atoms with Crippen LogP contribution in [-0.4, -0.2) is 8.42 Å². The predicted molar refractivity (Wildman–Crippen MR) is 168 cm³/mol. The van der Waals surface area contributed by atoms with Crippen molar-refractivity contribution in [3.63, 3.8) is 0 Å². The number of hydrogen-bond donors (Lipinski definition) is 2. The monoisotopic (exact) mass is 658 g/mol. The molecule has 0 aliphatic carbocycles. The first-order chi connectivity index (χ1) is 18.8. The molecule has 0 aliphatic rings. The summed E-state index contributed by atoms with van der Waals surface area (Å²) in [4.78, 5) is 0.319. The van der Waals surface area contributed by atoms with Crippen molar-refractivity contribution in [2.24, 2.45) is 5.73 Å². The SMILES string of the molecule is Cc1c(C)c(C)c(C)c(C)c1C.Cc1cc(C)c(S(=O)(=O)N[C@H](c2ccccc2)[C@H](N)c2ccccc2)c(C)c1.[Ru]. The fraction of sp³-hybridized carbons (Fsp3) is 0.314. The van der Waals surface area contributed by atoms with Crippen LogP contribution in [0.25, 0.3) is 0 Å². The second kappa shape index (κ2) is 14.5. The van der Waals surface area contributed by atoms with E-state index >= 15 is 0 Å². The van der Waals surface area contributed by atoms with E-state index in [2.05, 4.69) is 46.3 Å². The molecule has 0 heterocycles. The van der Waals surface area contributed by atoms with Crippen LogP contribution in [0.5, 0.6) is 0 Å². The maximum Gasteiger partial charge on any atom is 0.241 e. The van der Waals surface area contributed by atoms with E-state index in [-0.39, 0.29) is 19.5 Å². The van der Waals surface area contributed by atoms with Crippen molar-refractivity contribution in [1.82, 2.24) is 4.72 Å². The van der Waals surface area contributed by atoms with Gasteiger partial charge in [-0.3, -0.25) is 0 Å². The molecule has 0 saturated heterocycles. The van der Waals surface area contributed by atoms with Crippen LogP contribution >= 0.6 is 0 Å². The Kier molecular flexibility index (Phi) is 12.2. The molecule has 0 aromatic heterocycles. The number of rotatable bonds is 6. The topological polar surface area (TPSA) is 72.2 Å². The molecular formula is C35H44N2O2RuS. The van der Waals surface area contributed by atoms with Crippen molar-refractivity contribution >= 4 is 10.0 Å². The van der Waals surface area contributed by atoms with Crippen LogP contribution in [0, 0.1) is 62.3 Å². The van der Waals surface area contributed by atoms with Crippen LogP contribution in [0.1, 0.15) is 73.3 Å². The fourth-order valence-electron chi connectivity index (χ4n) is 5.38. The Morgan fingerprint density at radius 1 is 0.585 bits per heavy atom. The van der Waals surface area contributed by atoms with Gasteiger partial charge in [0.05, 0.1) is 17.0 Å². The van der Waals surface area contributed by atoms with E-state index in [0.717, 1.165) is 27.8 Å². The largest absolute Gasteiger partial charge is 0.322 e. The molecule has 0 fully saturated rings. The van der Waals surface area contributed by atoms with E-state index in [0.29, 0.717) is 4.90 Å². The van der Waals surface area contributed by atoms with Crippen LogP contribution < -0.4 is 10.5 Å². The maximum atomic E-state index is 13.3. The summed E-state index contributed by atoms with van der Waals surface area (Å²) < 4.78 is 29.5. The van der Waals surface area contributed by atoms with E-state index in [4.69, 9.17) is 5.73 Å². The van der Waals surface area contributed by atoms with Crippen LogP contribution in [0.15, 0.2) is 77.7 Å².